The standard InChI is InChI=1S/C10H18N2O2/c1-2-11-7-8-12-9(13)5-3-4-6-10(12)14/h11H,2-8H2,1H3. The highest BCUT2D eigenvalue weighted by atomic mass is 16.2. The van der Waals surface area contributed by atoms with E-state index in [-0.39, 0.29) is 11.8 Å². The van der Waals surface area contributed by atoms with Crippen LogP contribution in [0.15, 0.2) is 0 Å². The van der Waals surface area contributed by atoms with Gasteiger partial charge in [-0.2, -0.15) is 0 Å². The summed E-state index contributed by atoms with van der Waals surface area (Å²) in [5.41, 5.74) is 0. The minimum absolute atomic E-state index is 0.00889. The van der Waals surface area contributed by atoms with Crippen molar-refractivity contribution in [2.75, 3.05) is 19.6 Å². The van der Waals surface area contributed by atoms with Crippen molar-refractivity contribution in [3.05, 3.63) is 0 Å². The van der Waals surface area contributed by atoms with E-state index >= 15 is 0 Å². The van der Waals surface area contributed by atoms with Gasteiger partial charge in [0.05, 0.1) is 0 Å². The number of amides is 2. The SMILES string of the molecule is CCNCCN1C(=O)CCCCC1=O. The number of nitrogens with one attached hydrogen (secondary N) is 1. The highest BCUT2D eigenvalue weighted by Gasteiger charge is 2.22. The number of nitrogens with zero attached hydrogens (tertiary/aromatic N) is 1. The lowest BCUT2D eigenvalue weighted by Crippen LogP contribution is -2.39. The van der Waals surface area contributed by atoms with E-state index in [1.54, 1.807) is 0 Å². The first kappa shape index (κ1) is 11.2. The van der Waals surface area contributed by atoms with Gasteiger partial charge >= 0.3 is 0 Å². The van der Waals surface area contributed by atoms with Gasteiger partial charge in [0, 0.05) is 25.9 Å². The van der Waals surface area contributed by atoms with Gasteiger partial charge in [-0.25, -0.2) is 0 Å². The Bertz CT molecular complexity index is 198. The Labute approximate surface area is 84.7 Å². The van der Waals surface area contributed by atoms with Crippen LogP contribution in [0.3, 0.4) is 0 Å². The highest BCUT2D eigenvalue weighted by molar-refractivity contribution is 5.95. The molecule has 0 saturated carbocycles. The molecule has 0 aromatic carbocycles. The van der Waals surface area contributed by atoms with Crippen molar-refractivity contribution in [2.24, 2.45) is 0 Å². The maximum Gasteiger partial charge on any atom is 0.229 e. The van der Waals surface area contributed by atoms with Crippen LogP contribution in [-0.2, 0) is 9.59 Å². The molecule has 0 bridgehead atoms. The van der Waals surface area contributed by atoms with E-state index in [4.69, 9.17) is 0 Å². The molecule has 1 fully saturated rings. The first-order chi connectivity index (χ1) is 6.75. The highest BCUT2D eigenvalue weighted by Crippen LogP contribution is 2.11. The average molecular weight is 198 g/mol. The molecule has 1 heterocycles. The van der Waals surface area contributed by atoms with Gasteiger partial charge in [-0.05, 0) is 19.4 Å². The molecule has 1 aliphatic heterocycles. The fraction of sp³-hybridized carbons (Fsp3) is 0.800. The van der Waals surface area contributed by atoms with Crippen LogP contribution in [0, 0.1) is 0 Å². The van der Waals surface area contributed by atoms with Crippen molar-refractivity contribution in [3.8, 4) is 0 Å². The summed E-state index contributed by atoms with van der Waals surface area (Å²) in [5, 5.41) is 3.11. The zero-order chi connectivity index (χ0) is 10.4. The third kappa shape index (κ3) is 3.10. The van der Waals surface area contributed by atoms with E-state index in [9.17, 15) is 9.59 Å². The third-order valence-electron chi connectivity index (χ3n) is 2.40. The third-order valence-corrected chi connectivity index (χ3v) is 2.40. The second-order valence-corrected chi connectivity index (χ2v) is 3.50. The van der Waals surface area contributed by atoms with Gasteiger partial charge in [-0.1, -0.05) is 6.92 Å². The molecule has 2 amide bonds. The number of rotatable bonds is 4. The summed E-state index contributed by atoms with van der Waals surface area (Å²) in [6.07, 6.45) is 2.75. The van der Waals surface area contributed by atoms with Crippen LogP contribution in [0.1, 0.15) is 32.6 Å². The molecule has 1 aliphatic rings. The van der Waals surface area contributed by atoms with E-state index in [0.717, 1.165) is 19.4 Å². The second-order valence-electron chi connectivity index (χ2n) is 3.50. The lowest BCUT2D eigenvalue weighted by Gasteiger charge is -2.18. The minimum atomic E-state index is -0.00889. The summed E-state index contributed by atoms with van der Waals surface area (Å²) >= 11 is 0. The van der Waals surface area contributed by atoms with Crippen LogP contribution in [0.25, 0.3) is 0 Å². The first-order valence-electron chi connectivity index (χ1n) is 5.29. The van der Waals surface area contributed by atoms with Crippen LogP contribution in [0.2, 0.25) is 0 Å². The normalized spacial score (nSPS) is 18.5. The number of carbonyl (C=O) groups is 2. The van der Waals surface area contributed by atoms with Gasteiger partial charge in [0.25, 0.3) is 0 Å². The fourth-order valence-corrected chi connectivity index (χ4v) is 1.58. The monoisotopic (exact) mass is 198 g/mol. The lowest BCUT2D eigenvalue weighted by molar-refractivity contribution is -0.143. The Morgan fingerprint density at radius 2 is 1.79 bits per heavy atom. The maximum atomic E-state index is 11.5. The molecule has 4 heteroatoms. The number of likely N-dealkylation sites (tertiary alicyclic amines) is 1. The quantitative estimate of drug-likeness (QED) is 0.529. The first-order valence-corrected chi connectivity index (χ1v) is 5.29. The number of likely N-dealkylation sites (N-methyl/N-ethyl adjacent to an activating group) is 1. The molecule has 0 aromatic heterocycles. The summed E-state index contributed by atoms with van der Waals surface area (Å²) < 4.78 is 0. The van der Waals surface area contributed by atoms with Crippen molar-refractivity contribution < 1.29 is 9.59 Å². The van der Waals surface area contributed by atoms with Crippen molar-refractivity contribution >= 4 is 11.8 Å². The summed E-state index contributed by atoms with van der Waals surface area (Å²) in [7, 11) is 0. The van der Waals surface area contributed by atoms with Gasteiger partial charge in [0.1, 0.15) is 0 Å². The molecule has 0 atom stereocenters. The molecule has 0 aliphatic carbocycles. The molecule has 0 unspecified atom stereocenters. The molecule has 1 N–H and O–H groups in total. The zero-order valence-electron chi connectivity index (χ0n) is 8.71. The zero-order valence-corrected chi connectivity index (χ0v) is 8.71. The van der Waals surface area contributed by atoms with Crippen LogP contribution >= 0.6 is 0 Å². The van der Waals surface area contributed by atoms with Crippen LogP contribution in [-0.4, -0.2) is 36.3 Å². The van der Waals surface area contributed by atoms with Crippen molar-refractivity contribution in [3.63, 3.8) is 0 Å². The summed E-state index contributed by atoms with van der Waals surface area (Å²) in [5.74, 6) is -0.0178. The largest absolute Gasteiger partial charge is 0.315 e. The minimum Gasteiger partial charge on any atom is -0.315 e. The molecular formula is C10H18N2O2. The Hall–Kier alpha value is -0.900. The van der Waals surface area contributed by atoms with Gasteiger partial charge in [-0.3, -0.25) is 14.5 Å². The van der Waals surface area contributed by atoms with Gasteiger partial charge in [-0.15, -0.1) is 0 Å². The smallest absolute Gasteiger partial charge is 0.229 e. The van der Waals surface area contributed by atoms with E-state index in [1.807, 2.05) is 6.92 Å². The molecule has 14 heavy (non-hydrogen) atoms. The van der Waals surface area contributed by atoms with Gasteiger partial charge in [0.15, 0.2) is 0 Å². The summed E-state index contributed by atoms with van der Waals surface area (Å²) in [6, 6.07) is 0. The van der Waals surface area contributed by atoms with Crippen molar-refractivity contribution in [1.29, 1.82) is 0 Å². The number of imide groups is 1. The number of carbonyl (C=O) groups excluding carboxylic acids is 2. The van der Waals surface area contributed by atoms with Gasteiger partial charge < -0.3 is 5.32 Å². The van der Waals surface area contributed by atoms with E-state index in [0.29, 0.717) is 25.9 Å². The molecule has 1 saturated heterocycles. The Morgan fingerprint density at radius 3 is 2.29 bits per heavy atom. The predicted molar refractivity (Wildman–Crippen MR) is 53.7 cm³/mol. The van der Waals surface area contributed by atoms with Crippen molar-refractivity contribution in [1.82, 2.24) is 10.2 Å². The summed E-state index contributed by atoms with van der Waals surface area (Å²) in [6.45, 7) is 4.10. The number of hydrogen-bond donors (Lipinski definition) is 1. The molecule has 0 aromatic rings. The van der Waals surface area contributed by atoms with Gasteiger partial charge in [0.2, 0.25) is 11.8 Å². The second kappa shape index (κ2) is 5.75. The Balaban J connectivity index is 2.44. The molecule has 80 valence electrons. The Kier molecular flexibility index (Phi) is 4.59. The van der Waals surface area contributed by atoms with E-state index in [1.165, 1.54) is 4.90 Å². The molecular weight excluding hydrogens is 180 g/mol. The Morgan fingerprint density at radius 1 is 1.21 bits per heavy atom. The lowest BCUT2D eigenvalue weighted by atomic mass is 10.2. The summed E-state index contributed by atoms with van der Waals surface area (Å²) in [4.78, 5) is 24.4. The number of hydrogen-bond acceptors (Lipinski definition) is 3. The fourth-order valence-electron chi connectivity index (χ4n) is 1.58. The van der Waals surface area contributed by atoms with Crippen LogP contribution < -0.4 is 5.32 Å². The average Bonchev–Trinajstić information content (AvgIpc) is 2.32. The predicted octanol–water partition coefficient (Wildman–Crippen LogP) is 0.525. The molecule has 0 radical (unpaired) electrons. The molecule has 1 rings (SSSR count). The maximum absolute atomic E-state index is 11.5. The topological polar surface area (TPSA) is 49.4 Å². The van der Waals surface area contributed by atoms with Crippen molar-refractivity contribution in [2.45, 2.75) is 32.6 Å². The van der Waals surface area contributed by atoms with E-state index in [2.05, 4.69) is 5.32 Å². The van der Waals surface area contributed by atoms with E-state index < -0.39 is 0 Å². The van der Waals surface area contributed by atoms with Crippen LogP contribution in [0.5, 0.6) is 0 Å². The molecule has 4 nitrogen and oxygen atoms in total. The van der Waals surface area contributed by atoms with Crippen LogP contribution in [0.4, 0.5) is 0 Å². The molecule has 0 spiro atoms.